The van der Waals surface area contributed by atoms with Crippen molar-refractivity contribution in [1.82, 2.24) is 4.90 Å². The highest BCUT2D eigenvalue weighted by atomic mass is 16.2. The van der Waals surface area contributed by atoms with Gasteiger partial charge in [0.05, 0.1) is 5.54 Å². The Labute approximate surface area is 119 Å². The number of hydrogen-bond donors (Lipinski definition) is 1. The highest BCUT2D eigenvalue weighted by Gasteiger charge is 2.47. The van der Waals surface area contributed by atoms with Crippen molar-refractivity contribution in [2.75, 3.05) is 7.05 Å². The fourth-order valence-electron chi connectivity index (χ4n) is 2.59. The minimum absolute atomic E-state index is 0.0569. The molecule has 1 saturated carbocycles. The van der Waals surface area contributed by atoms with E-state index in [-0.39, 0.29) is 5.91 Å². The van der Waals surface area contributed by atoms with Crippen LogP contribution in [0, 0.1) is 6.92 Å². The van der Waals surface area contributed by atoms with Crippen LogP contribution in [0.4, 0.5) is 0 Å². The van der Waals surface area contributed by atoms with E-state index in [1.54, 1.807) is 4.90 Å². The van der Waals surface area contributed by atoms with Gasteiger partial charge >= 0.3 is 0 Å². The average Bonchev–Trinajstić information content (AvgIpc) is 3.17. The molecule has 0 radical (unpaired) electrons. The van der Waals surface area contributed by atoms with Crippen LogP contribution >= 0.6 is 0 Å². The number of hydrogen-bond acceptors (Lipinski definition) is 2. The maximum absolute atomic E-state index is 12.1. The first-order valence-electron chi connectivity index (χ1n) is 7.02. The summed E-state index contributed by atoms with van der Waals surface area (Å²) in [5, 5.41) is 2.45. The molecule has 0 atom stereocenters. The summed E-state index contributed by atoms with van der Waals surface area (Å²) in [5.41, 5.74) is 7.78. The molecule has 104 valence electrons. The zero-order valence-corrected chi connectivity index (χ0v) is 12.0. The van der Waals surface area contributed by atoms with Gasteiger partial charge in [-0.15, -0.1) is 0 Å². The Morgan fingerprint density at radius 2 is 1.85 bits per heavy atom. The van der Waals surface area contributed by atoms with Crippen LogP contribution in [0.1, 0.15) is 24.0 Å². The van der Waals surface area contributed by atoms with E-state index < -0.39 is 5.54 Å². The first kappa shape index (κ1) is 13.1. The summed E-state index contributed by atoms with van der Waals surface area (Å²) >= 11 is 0. The lowest BCUT2D eigenvalue weighted by atomic mass is 10.0. The second kappa shape index (κ2) is 4.60. The van der Waals surface area contributed by atoms with Gasteiger partial charge in [-0.3, -0.25) is 4.79 Å². The molecule has 3 rings (SSSR count). The molecule has 0 unspecified atom stereocenters. The summed E-state index contributed by atoms with van der Waals surface area (Å²) in [6.07, 6.45) is 1.63. The molecule has 0 aromatic heterocycles. The summed E-state index contributed by atoms with van der Waals surface area (Å²) in [5.74, 6) is 0.0569. The summed E-state index contributed by atoms with van der Waals surface area (Å²) in [6.45, 7) is 2.71. The topological polar surface area (TPSA) is 46.3 Å². The Bertz CT molecular complexity index is 674. The molecular formula is C17H20N2O. The Balaban J connectivity index is 1.80. The molecule has 0 saturated heterocycles. The van der Waals surface area contributed by atoms with Gasteiger partial charge in [0.15, 0.2) is 0 Å². The maximum atomic E-state index is 12.1. The number of benzene rings is 2. The SMILES string of the molecule is Cc1ccc2cc(CN(C)C(=O)C3(N)CC3)ccc2c1. The molecule has 1 aliphatic carbocycles. The monoisotopic (exact) mass is 268 g/mol. The largest absolute Gasteiger partial charge is 0.340 e. The van der Waals surface area contributed by atoms with Gasteiger partial charge in [0, 0.05) is 13.6 Å². The van der Waals surface area contributed by atoms with Crippen LogP contribution < -0.4 is 5.73 Å². The molecule has 2 aromatic rings. The van der Waals surface area contributed by atoms with Crippen LogP contribution in [0.2, 0.25) is 0 Å². The fourth-order valence-corrected chi connectivity index (χ4v) is 2.59. The third kappa shape index (κ3) is 2.41. The Morgan fingerprint density at radius 3 is 2.55 bits per heavy atom. The third-order valence-electron chi connectivity index (χ3n) is 4.04. The van der Waals surface area contributed by atoms with Crippen LogP contribution in [0.15, 0.2) is 36.4 Å². The fraction of sp³-hybridized carbons (Fsp3) is 0.353. The van der Waals surface area contributed by atoms with Crippen LogP contribution in [-0.2, 0) is 11.3 Å². The Morgan fingerprint density at radius 1 is 1.20 bits per heavy atom. The van der Waals surface area contributed by atoms with Gasteiger partial charge in [-0.25, -0.2) is 0 Å². The quantitative estimate of drug-likeness (QED) is 0.930. The normalized spacial score (nSPS) is 16.1. The van der Waals surface area contributed by atoms with Crippen molar-refractivity contribution in [3.8, 4) is 0 Å². The lowest BCUT2D eigenvalue weighted by Gasteiger charge is -2.21. The molecule has 1 amide bonds. The second-order valence-corrected chi connectivity index (χ2v) is 6.00. The van der Waals surface area contributed by atoms with Gasteiger partial charge in [-0.05, 0) is 42.2 Å². The zero-order valence-electron chi connectivity index (χ0n) is 12.0. The smallest absolute Gasteiger partial charge is 0.242 e. The number of rotatable bonds is 3. The summed E-state index contributed by atoms with van der Waals surface area (Å²) in [7, 11) is 1.83. The Hall–Kier alpha value is -1.87. The maximum Gasteiger partial charge on any atom is 0.242 e. The predicted octanol–water partition coefficient (Wildman–Crippen LogP) is 2.60. The van der Waals surface area contributed by atoms with E-state index in [0.717, 1.165) is 18.4 Å². The Kier molecular flexibility index (Phi) is 3.02. The number of amides is 1. The van der Waals surface area contributed by atoms with Gasteiger partial charge in [0.2, 0.25) is 5.91 Å². The van der Waals surface area contributed by atoms with Gasteiger partial charge < -0.3 is 10.6 Å². The summed E-state index contributed by atoms with van der Waals surface area (Å²) in [6, 6.07) is 12.8. The van der Waals surface area contributed by atoms with Crippen LogP contribution in [0.3, 0.4) is 0 Å². The van der Waals surface area contributed by atoms with E-state index in [2.05, 4.69) is 43.3 Å². The van der Waals surface area contributed by atoms with Gasteiger partial charge in [-0.1, -0.05) is 35.9 Å². The van der Waals surface area contributed by atoms with E-state index in [4.69, 9.17) is 5.73 Å². The molecule has 3 nitrogen and oxygen atoms in total. The van der Waals surface area contributed by atoms with Crippen LogP contribution in [0.5, 0.6) is 0 Å². The summed E-state index contributed by atoms with van der Waals surface area (Å²) < 4.78 is 0. The predicted molar refractivity (Wildman–Crippen MR) is 81.3 cm³/mol. The molecule has 2 N–H and O–H groups in total. The molecule has 0 aliphatic heterocycles. The highest BCUT2D eigenvalue weighted by Crippen LogP contribution is 2.34. The molecular weight excluding hydrogens is 248 g/mol. The van der Waals surface area contributed by atoms with Crippen LogP contribution in [0.25, 0.3) is 10.8 Å². The number of fused-ring (bicyclic) bond motifs is 1. The van der Waals surface area contributed by atoms with Crippen molar-refractivity contribution in [3.05, 3.63) is 47.5 Å². The lowest BCUT2D eigenvalue weighted by Crippen LogP contribution is -2.43. The minimum Gasteiger partial charge on any atom is -0.340 e. The number of carbonyl (C=O) groups excluding carboxylic acids is 1. The third-order valence-corrected chi connectivity index (χ3v) is 4.04. The van der Waals surface area contributed by atoms with Gasteiger partial charge in [0.25, 0.3) is 0 Å². The molecule has 0 bridgehead atoms. The molecule has 1 aliphatic rings. The average molecular weight is 268 g/mol. The van der Waals surface area contributed by atoms with Crippen molar-refractivity contribution >= 4 is 16.7 Å². The van der Waals surface area contributed by atoms with Crippen LogP contribution in [-0.4, -0.2) is 23.4 Å². The van der Waals surface area contributed by atoms with Gasteiger partial charge in [0.1, 0.15) is 0 Å². The van der Waals surface area contributed by atoms with E-state index in [1.807, 2.05) is 7.05 Å². The van der Waals surface area contributed by atoms with Crippen molar-refractivity contribution in [2.24, 2.45) is 5.73 Å². The van der Waals surface area contributed by atoms with E-state index in [9.17, 15) is 4.79 Å². The highest BCUT2D eigenvalue weighted by molar-refractivity contribution is 5.89. The number of nitrogens with two attached hydrogens (primary N) is 1. The van der Waals surface area contributed by atoms with E-state index in [0.29, 0.717) is 6.54 Å². The standard InChI is InChI=1S/C17H20N2O/c1-12-3-5-15-10-13(4-6-14(15)9-12)11-19(2)16(20)17(18)7-8-17/h3-6,9-10H,7-8,11,18H2,1-2H3. The minimum atomic E-state index is -0.581. The number of likely N-dealkylation sites (N-methyl/N-ethyl adjacent to an activating group) is 1. The first-order valence-corrected chi connectivity index (χ1v) is 7.02. The lowest BCUT2D eigenvalue weighted by molar-refractivity contribution is -0.132. The molecule has 2 aromatic carbocycles. The van der Waals surface area contributed by atoms with Gasteiger partial charge in [-0.2, -0.15) is 0 Å². The van der Waals surface area contributed by atoms with E-state index >= 15 is 0 Å². The number of nitrogens with zero attached hydrogens (tertiary/aromatic N) is 1. The van der Waals surface area contributed by atoms with Crippen molar-refractivity contribution in [3.63, 3.8) is 0 Å². The molecule has 0 spiro atoms. The van der Waals surface area contributed by atoms with Crippen molar-refractivity contribution in [1.29, 1.82) is 0 Å². The van der Waals surface area contributed by atoms with Crippen molar-refractivity contribution < 1.29 is 4.79 Å². The molecule has 20 heavy (non-hydrogen) atoms. The molecule has 0 heterocycles. The second-order valence-electron chi connectivity index (χ2n) is 6.00. The summed E-state index contributed by atoms with van der Waals surface area (Å²) in [4.78, 5) is 13.9. The number of aryl methyl sites for hydroxylation is 1. The first-order chi connectivity index (χ1) is 9.48. The molecule has 1 fully saturated rings. The van der Waals surface area contributed by atoms with E-state index in [1.165, 1.54) is 16.3 Å². The van der Waals surface area contributed by atoms with Crippen molar-refractivity contribution in [2.45, 2.75) is 31.8 Å². The number of carbonyl (C=O) groups is 1. The molecule has 3 heteroatoms. The zero-order chi connectivity index (χ0) is 14.3.